The molecule has 1 aliphatic carbocycles. The molecule has 0 amide bonds. The van der Waals surface area contributed by atoms with Gasteiger partial charge in [-0.1, -0.05) is 6.92 Å². The molecule has 98 valence electrons. The maximum atomic E-state index is 11.8. The number of aromatic nitrogens is 2. The van der Waals surface area contributed by atoms with Crippen molar-refractivity contribution in [3.8, 4) is 5.88 Å². The molecule has 1 aromatic rings. The van der Waals surface area contributed by atoms with Gasteiger partial charge in [-0.25, -0.2) is 0 Å². The third-order valence-electron chi connectivity index (χ3n) is 3.15. The number of rotatable bonds is 4. The predicted molar refractivity (Wildman–Crippen MR) is 73.2 cm³/mol. The first-order valence-electron chi connectivity index (χ1n) is 6.15. The normalized spacial score (nSPS) is 17.2. The Morgan fingerprint density at radius 2 is 2.33 bits per heavy atom. The third-order valence-corrected chi connectivity index (χ3v) is 3.44. The molecule has 1 fully saturated rings. The number of aromatic hydroxyl groups is 1. The van der Waals surface area contributed by atoms with Gasteiger partial charge >= 0.3 is 0 Å². The van der Waals surface area contributed by atoms with E-state index in [1.54, 1.807) is 4.57 Å². The van der Waals surface area contributed by atoms with Crippen molar-refractivity contribution >= 4 is 18.4 Å². The largest absolute Gasteiger partial charge is 0.494 e. The molecule has 5 nitrogen and oxygen atoms in total. The molecule has 1 heterocycles. The number of aromatic amines is 1. The minimum Gasteiger partial charge on any atom is -0.494 e. The van der Waals surface area contributed by atoms with Crippen LogP contribution in [0.2, 0.25) is 0 Å². The van der Waals surface area contributed by atoms with Crippen LogP contribution in [0.3, 0.4) is 0 Å². The van der Waals surface area contributed by atoms with Crippen molar-refractivity contribution in [3.63, 3.8) is 0 Å². The highest BCUT2D eigenvalue weighted by atomic mass is 32.1. The fraction of sp³-hybridized carbons (Fsp3) is 0.583. The summed E-state index contributed by atoms with van der Waals surface area (Å²) in [4.78, 5) is 18.6. The summed E-state index contributed by atoms with van der Waals surface area (Å²) in [7, 11) is 0. The molecule has 1 aromatic heterocycles. The van der Waals surface area contributed by atoms with E-state index in [1.165, 1.54) is 6.21 Å². The summed E-state index contributed by atoms with van der Waals surface area (Å²) in [6.45, 7) is 3.94. The maximum absolute atomic E-state index is 11.8. The lowest BCUT2D eigenvalue weighted by Gasteiger charge is -2.16. The van der Waals surface area contributed by atoms with Gasteiger partial charge in [0.05, 0.1) is 6.04 Å². The van der Waals surface area contributed by atoms with Gasteiger partial charge in [-0.15, -0.1) is 0 Å². The monoisotopic (exact) mass is 267 g/mol. The Balaban J connectivity index is 2.51. The van der Waals surface area contributed by atoms with Crippen LogP contribution in [0.25, 0.3) is 0 Å². The summed E-state index contributed by atoms with van der Waals surface area (Å²) < 4.78 is 1.81. The molecule has 18 heavy (non-hydrogen) atoms. The number of nitrogens with zero attached hydrogens (tertiary/aromatic N) is 2. The van der Waals surface area contributed by atoms with Gasteiger partial charge in [0.15, 0.2) is 4.77 Å². The van der Waals surface area contributed by atoms with E-state index in [0.717, 1.165) is 19.3 Å². The molecule has 0 unspecified atom stereocenters. The molecule has 0 bridgehead atoms. The minimum atomic E-state index is -0.388. The lowest BCUT2D eigenvalue weighted by molar-refractivity contribution is 0.371. The first-order valence-corrected chi connectivity index (χ1v) is 6.56. The molecule has 2 rings (SSSR count). The topological polar surface area (TPSA) is 70.4 Å². The molecule has 1 saturated carbocycles. The molecular weight excluding hydrogens is 250 g/mol. The van der Waals surface area contributed by atoms with Crippen molar-refractivity contribution in [2.24, 2.45) is 4.99 Å². The second kappa shape index (κ2) is 5.06. The summed E-state index contributed by atoms with van der Waals surface area (Å²) in [5, 5.41) is 10.2. The first kappa shape index (κ1) is 13.0. The summed E-state index contributed by atoms with van der Waals surface area (Å²) in [6.07, 6.45) is 4.38. The minimum absolute atomic E-state index is 0.0300. The molecule has 2 N–H and O–H groups in total. The standard InChI is InChI=1S/C12H17N3O2S/c1-3-7(2)15-11(17)9(6-13-8-4-5-8)10(16)14-12(15)18/h6-8,17H,3-5H2,1-2H3,(H,14,16,18)/t7-/m0/s1. The molecule has 1 aliphatic rings. The van der Waals surface area contributed by atoms with Crippen molar-refractivity contribution < 1.29 is 5.11 Å². The number of hydrogen-bond acceptors (Lipinski definition) is 4. The fourth-order valence-electron chi connectivity index (χ4n) is 1.66. The smallest absolute Gasteiger partial charge is 0.264 e. The molecule has 0 spiro atoms. The van der Waals surface area contributed by atoms with Crippen LogP contribution in [0.4, 0.5) is 0 Å². The van der Waals surface area contributed by atoms with Gasteiger partial charge in [-0.3, -0.25) is 19.3 Å². The average Bonchev–Trinajstić information content (AvgIpc) is 3.11. The maximum Gasteiger partial charge on any atom is 0.264 e. The Labute approximate surface area is 110 Å². The van der Waals surface area contributed by atoms with Crippen LogP contribution in [0.1, 0.15) is 44.7 Å². The van der Waals surface area contributed by atoms with Crippen molar-refractivity contribution in [2.45, 2.75) is 45.2 Å². The van der Waals surface area contributed by atoms with Gasteiger partial charge in [0.1, 0.15) is 5.56 Å². The Morgan fingerprint density at radius 3 is 2.89 bits per heavy atom. The van der Waals surface area contributed by atoms with Crippen molar-refractivity contribution in [1.29, 1.82) is 0 Å². The Kier molecular flexibility index (Phi) is 3.65. The van der Waals surface area contributed by atoms with E-state index in [2.05, 4.69) is 9.98 Å². The van der Waals surface area contributed by atoms with Gasteiger partial charge in [-0.2, -0.15) is 0 Å². The first-order chi connectivity index (χ1) is 8.54. The van der Waals surface area contributed by atoms with Crippen molar-refractivity contribution in [1.82, 2.24) is 9.55 Å². The zero-order chi connectivity index (χ0) is 13.3. The number of aliphatic imine (C=N–C) groups is 1. The summed E-state index contributed by atoms with van der Waals surface area (Å²) in [6, 6.07) is 0.339. The second-order valence-electron chi connectivity index (χ2n) is 4.63. The van der Waals surface area contributed by atoms with Crippen LogP contribution in [0, 0.1) is 4.77 Å². The zero-order valence-corrected chi connectivity index (χ0v) is 11.3. The molecule has 0 saturated heterocycles. The highest BCUT2D eigenvalue weighted by Crippen LogP contribution is 2.24. The highest BCUT2D eigenvalue weighted by molar-refractivity contribution is 7.71. The van der Waals surface area contributed by atoms with Gasteiger partial charge in [-0.05, 0) is 38.4 Å². The van der Waals surface area contributed by atoms with Gasteiger partial charge in [0, 0.05) is 12.3 Å². The van der Waals surface area contributed by atoms with Crippen molar-refractivity contribution in [2.75, 3.05) is 0 Å². The lowest BCUT2D eigenvalue weighted by atomic mass is 10.2. The SMILES string of the molecule is CC[C@H](C)n1c(O)c(C=NC2CC2)c(=O)[nH]c1=S. The van der Waals surface area contributed by atoms with E-state index in [9.17, 15) is 9.90 Å². The summed E-state index contributed by atoms with van der Waals surface area (Å²) in [5.74, 6) is -0.0949. The molecular formula is C12H17N3O2S. The third kappa shape index (κ3) is 2.53. The van der Waals surface area contributed by atoms with Crippen LogP contribution in [0.15, 0.2) is 9.79 Å². The predicted octanol–water partition coefficient (Wildman–Crippen LogP) is 2.16. The number of hydrogen-bond donors (Lipinski definition) is 2. The van der Waals surface area contributed by atoms with Crippen molar-refractivity contribution in [3.05, 3.63) is 20.7 Å². The molecule has 0 aromatic carbocycles. The van der Waals surface area contributed by atoms with Crippen LogP contribution in [-0.4, -0.2) is 26.9 Å². The van der Waals surface area contributed by atoms with Crippen LogP contribution >= 0.6 is 12.2 Å². The number of nitrogens with one attached hydrogen (secondary N) is 1. The zero-order valence-electron chi connectivity index (χ0n) is 10.5. The average molecular weight is 267 g/mol. The Bertz CT molecular complexity index is 584. The number of H-pyrrole nitrogens is 1. The van der Waals surface area contributed by atoms with E-state index in [-0.39, 0.29) is 27.8 Å². The van der Waals surface area contributed by atoms with E-state index in [4.69, 9.17) is 12.2 Å². The molecule has 1 atom stereocenters. The highest BCUT2D eigenvalue weighted by Gasteiger charge is 2.20. The fourth-order valence-corrected chi connectivity index (χ4v) is 2.02. The molecule has 6 heteroatoms. The quantitative estimate of drug-likeness (QED) is 0.648. The van der Waals surface area contributed by atoms with E-state index < -0.39 is 0 Å². The van der Waals surface area contributed by atoms with E-state index in [1.807, 2.05) is 13.8 Å². The Morgan fingerprint density at radius 1 is 1.67 bits per heavy atom. The van der Waals surface area contributed by atoms with E-state index >= 15 is 0 Å². The second-order valence-corrected chi connectivity index (χ2v) is 5.02. The van der Waals surface area contributed by atoms with Crippen LogP contribution < -0.4 is 5.56 Å². The van der Waals surface area contributed by atoms with Gasteiger partial charge in [0.25, 0.3) is 5.56 Å². The van der Waals surface area contributed by atoms with Crippen LogP contribution in [0.5, 0.6) is 5.88 Å². The molecule has 0 radical (unpaired) electrons. The lowest BCUT2D eigenvalue weighted by Crippen LogP contribution is -2.20. The summed E-state index contributed by atoms with van der Waals surface area (Å²) >= 11 is 5.08. The Hall–Kier alpha value is -1.43. The van der Waals surface area contributed by atoms with E-state index in [0.29, 0.717) is 6.04 Å². The van der Waals surface area contributed by atoms with Gasteiger partial charge in [0.2, 0.25) is 5.88 Å². The molecule has 0 aliphatic heterocycles. The summed E-state index contributed by atoms with van der Waals surface area (Å²) in [5.41, 5.74) is -0.197. The van der Waals surface area contributed by atoms with Gasteiger partial charge < -0.3 is 5.11 Å². The van der Waals surface area contributed by atoms with Crippen LogP contribution in [-0.2, 0) is 0 Å².